The van der Waals surface area contributed by atoms with E-state index < -0.39 is 0 Å². The van der Waals surface area contributed by atoms with Crippen molar-refractivity contribution in [3.63, 3.8) is 0 Å². The molecule has 1 aromatic rings. The van der Waals surface area contributed by atoms with Crippen LogP contribution < -0.4 is 15.8 Å². The van der Waals surface area contributed by atoms with Crippen LogP contribution in [0.4, 0.5) is 5.69 Å². The lowest BCUT2D eigenvalue weighted by atomic mass is 10.1. The van der Waals surface area contributed by atoms with E-state index in [4.69, 9.17) is 10.5 Å². The average molecular weight is 234 g/mol. The van der Waals surface area contributed by atoms with E-state index in [1.165, 1.54) is 7.11 Å². The molecule has 2 unspecified atom stereocenters. The molecule has 0 aliphatic heterocycles. The van der Waals surface area contributed by atoms with Gasteiger partial charge in [0.2, 0.25) is 0 Å². The fourth-order valence-electron chi connectivity index (χ4n) is 2.02. The van der Waals surface area contributed by atoms with Crippen molar-refractivity contribution in [3.8, 4) is 5.75 Å². The van der Waals surface area contributed by atoms with Crippen LogP contribution in [-0.2, 0) is 0 Å². The quantitative estimate of drug-likeness (QED) is 0.781. The molecule has 1 amide bonds. The molecule has 0 radical (unpaired) electrons. The summed E-state index contributed by atoms with van der Waals surface area (Å²) in [6.45, 7) is 2.14. The van der Waals surface area contributed by atoms with Gasteiger partial charge in [0.25, 0.3) is 5.91 Å². The molecular formula is C13H18N2O2. The van der Waals surface area contributed by atoms with Gasteiger partial charge in [0.15, 0.2) is 0 Å². The molecule has 17 heavy (non-hydrogen) atoms. The molecule has 1 aliphatic rings. The number of ether oxygens (including phenoxy) is 1. The highest BCUT2D eigenvalue weighted by Gasteiger charge is 2.36. The van der Waals surface area contributed by atoms with Gasteiger partial charge in [-0.15, -0.1) is 0 Å². The third-order valence-corrected chi connectivity index (χ3v) is 3.23. The summed E-state index contributed by atoms with van der Waals surface area (Å²) >= 11 is 0. The highest BCUT2D eigenvalue weighted by molar-refractivity contribution is 5.97. The number of nitrogen functional groups attached to an aromatic ring is 1. The number of carbonyl (C=O) groups excluding carboxylic acids is 1. The second kappa shape index (κ2) is 4.65. The number of nitrogens with one attached hydrogen (secondary N) is 1. The summed E-state index contributed by atoms with van der Waals surface area (Å²) in [5.74, 6) is 1.08. The Kier molecular flexibility index (Phi) is 3.22. The van der Waals surface area contributed by atoms with Gasteiger partial charge in [-0.1, -0.05) is 13.3 Å². The number of carbonyl (C=O) groups is 1. The van der Waals surface area contributed by atoms with Crippen LogP contribution in [0.5, 0.6) is 5.75 Å². The maximum Gasteiger partial charge on any atom is 0.255 e. The van der Waals surface area contributed by atoms with E-state index in [0.717, 1.165) is 12.8 Å². The third kappa shape index (κ3) is 2.52. The number of hydrogen-bond acceptors (Lipinski definition) is 3. The van der Waals surface area contributed by atoms with Crippen LogP contribution >= 0.6 is 0 Å². The lowest BCUT2D eigenvalue weighted by Crippen LogP contribution is -2.27. The Labute approximate surface area is 101 Å². The summed E-state index contributed by atoms with van der Waals surface area (Å²) in [6, 6.07) is 5.41. The molecule has 1 saturated carbocycles. The molecule has 92 valence electrons. The molecule has 3 N–H and O–H groups in total. The summed E-state index contributed by atoms with van der Waals surface area (Å²) in [7, 11) is 1.54. The number of rotatable bonds is 4. The number of amides is 1. The fraction of sp³-hybridized carbons (Fsp3) is 0.462. The molecule has 0 heterocycles. The third-order valence-electron chi connectivity index (χ3n) is 3.23. The van der Waals surface area contributed by atoms with Gasteiger partial charge in [-0.2, -0.15) is 0 Å². The lowest BCUT2D eigenvalue weighted by molar-refractivity contribution is 0.0946. The van der Waals surface area contributed by atoms with Gasteiger partial charge < -0.3 is 15.8 Å². The van der Waals surface area contributed by atoms with E-state index in [2.05, 4.69) is 12.2 Å². The minimum Gasteiger partial charge on any atom is -0.496 e. The van der Waals surface area contributed by atoms with Crippen molar-refractivity contribution in [2.75, 3.05) is 12.8 Å². The molecule has 0 saturated heterocycles. The van der Waals surface area contributed by atoms with E-state index in [-0.39, 0.29) is 5.91 Å². The molecular weight excluding hydrogens is 216 g/mol. The number of methoxy groups -OCH3 is 1. The van der Waals surface area contributed by atoms with Gasteiger partial charge in [0, 0.05) is 17.8 Å². The van der Waals surface area contributed by atoms with Crippen molar-refractivity contribution < 1.29 is 9.53 Å². The molecule has 2 atom stereocenters. The maximum atomic E-state index is 12.0. The largest absolute Gasteiger partial charge is 0.496 e. The zero-order valence-electron chi connectivity index (χ0n) is 10.2. The van der Waals surface area contributed by atoms with E-state index in [0.29, 0.717) is 29.0 Å². The number of benzene rings is 1. The van der Waals surface area contributed by atoms with E-state index in [1.54, 1.807) is 18.2 Å². The molecule has 1 aliphatic carbocycles. The van der Waals surface area contributed by atoms with Gasteiger partial charge in [-0.25, -0.2) is 0 Å². The van der Waals surface area contributed by atoms with Crippen LogP contribution in [0.25, 0.3) is 0 Å². The zero-order chi connectivity index (χ0) is 12.4. The normalized spacial score (nSPS) is 22.0. The lowest BCUT2D eigenvalue weighted by Gasteiger charge is -2.09. The predicted molar refractivity (Wildman–Crippen MR) is 67.1 cm³/mol. The average Bonchev–Trinajstić information content (AvgIpc) is 3.07. The monoisotopic (exact) mass is 234 g/mol. The van der Waals surface area contributed by atoms with Gasteiger partial charge in [0.1, 0.15) is 5.75 Å². The second-order valence-electron chi connectivity index (χ2n) is 4.44. The first-order chi connectivity index (χ1) is 8.15. The van der Waals surface area contributed by atoms with E-state index >= 15 is 0 Å². The molecule has 2 rings (SSSR count). The Balaban J connectivity index is 2.08. The van der Waals surface area contributed by atoms with Crippen molar-refractivity contribution in [1.29, 1.82) is 0 Å². The fourth-order valence-corrected chi connectivity index (χ4v) is 2.02. The smallest absolute Gasteiger partial charge is 0.255 e. The molecule has 4 nitrogen and oxygen atoms in total. The van der Waals surface area contributed by atoms with Gasteiger partial charge in [0.05, 0.1) is 12.7 Å². The van der Waals surface area contributed by atoms with Crippen molar-refractivity contribution >= 4 is 11.6 Å². The Bertz CT molecular complexity index is 431. The van der Waals surface area contributed by atoms with Crippen LogP contribution in [0.3, 0.4) is 0 Å². The predicted octanol–water partition coefficient (Wildman–Crippen LogP) is 1.81. The van der Waals surface area contributed by atoms with Gasteiger partial charge >= 0.3 is 0 Å². The Morgan fingerprint density at radius 3 is 2.94 bits per heavy atom. The van der Waals surface area contributed by atoms with Crippen molar-refractivity contribution in [3.05, 3.63) is 23.8 Å². The second-order valence-corrected chi connectivity index (χ2v) is 4.44. The van der Waals surface area contributed by atoms with Gasteiger partial charge in [-0.05, 0) is 24.5 Å². The Morgan fingerprint density at radius 1 is 1.59 bits per heavy atom. The molecule has 0 spiro atoms. The highest BCUT2D eigenvalue weighted by Crippen LogP contribution is 2.33. The van der Waals surface area contributed by atoms with E-state index in [1.807, 2.05) is 0 Å². The van der Waals surface area contributed by atoms with Crippen LogP contribution in [0.15, 0.2) is 18.2 Å². The van der Waals surface area contributed by atoms with Crippen LogP contribution in [0.2, 0.25) is 0 Å². The molecule has 1 aromatic carbocycles. The van der Waals surface area contributed by atoms with Crippen molar-refractivity contribution in [1.82, 2.24) is 5.32 Å². The summed E-state index contributed by atoms with van der Waals surface area (Å²) < 4.78 is 5.16. The first-order valence-electron chi connectivity index (χ1n) is 5.90. The minimum atomic E-state index is -0.0807. The first-order valence-corrected chi connectivity index (χ1v) is 5.90. The maximum absolute atomic E-state index is 12.0. The zero-order valence-corrected chi connectivity index (χ0v) is 10.2. The van der Waals surface area contributed by atoms with Crippen molar-refractivity contribution in [2.24, 2.45) is 5.92 Å². The topological polar surface area (TPSA) is 64.4 Å². The molecule has 0 bridgehead atoms. The Hall–Kier alpha value is -1.71. The first kappa shape index (κ1) is 11.8. The Morgan fingerprint density at radius 2 is 2.35 bits per heavy atom. The summed E-state index contributed by atoms with van der Waals surface area (Å²) in [4.78, 5) is 12.0. The molecule has 1 fully saturated rings. The molecule has 4 heteroatoms. The van der Waals surface area contributed by atoms with E-state index in [9.17, 15) is 4.79 Å². The van der Waals surface area contributed by atoms with Crippen LogP contribution in [0, 0.1) is 5.92 Å². The summed E-state index contributed by atoms with van der Waals surface area (Å²) in [5, 5.41) is 3.01. The molecule has 0 aromatic heterocycles. The van der Waals surface area contributed by atoms with Gasteiger partial charge in [-0.3, -0.25) is 4.79 Å². The number of anilines is 1. The highest BCUT2D eigenvalue weighted by atomic mass is 16.5. The minimum absolute atomic E-state index is 0.0807. The number of hydrogen-bond donors (Lipinski definition) is 2. The van der Waals surface area contributed by atoms with Crippen LogP contribution in [-0.4, -0.2) is 19.1 Å². The number of nitrogens with two attached hydrogens (primary N) is 1. The van der Waals surface area contributed by atoms with Crippen molar-refractivity contribution in [2.45, 2.75) is 25.8 Å². The summed E-state index contributed by atoms with van der Waals surface area (Å²) in [6.07, 6.45) is 2.20. The van der Waals surface area contributed by atoms with Crippen LogP contribution in [0.1, 0.15) is 30.1 Å². The standard InChI is InChI=1S/C13H18N2O2/c1-3-8-6-11(8)15-13(16)10-5-4-9(14)7-12(10)17-2/h4-5,7-8,11H,3,6,14H2,1-2H3,(H,15,16). The summed E-state index contributed by atoms with van der Waals surface area (Å²) in [5.41, 5.74) is 6.79. The SMILES string of the molecule is CCC1CC1NC(=O)c1ccc(N)cc1OC.